The molecule has 0 spiro atoms. The van der Waals surface area contributed by atoms with E-state index in [4.69, 9.17) is 0 Å². The van der Waals surface area contributed by atoms with Crippen molar-refractivity contribution in [3.05, 3.63) is 41.5 Å². The van der Waals surface area contributed by atoms with Gasteiger partial charge in [-0.1, -0.05) is 42.7 Å². The summed E-state index contributed by atoms with van der Waals surface area (Å²) in [5.41, 5.74) is 2.21. The summed E-state index contributed by atoms with van der Waals surface area (Å²) in [7, 11) is 0. The highest BCUT2D eigenvalue weighted by Crippen LogP contribution is 2.18. The first-order valence-corrected chi connectivity index (χ1v) is 6.88. The van der Waals surface area contributed by atoms with E-state index < -0.39 is 6.10 Å². The molecular formula is C16H21NO2. The molecule has 1 amide bonds. The quantitative estimate of drug-likeness (QED) is 0.819. The van der Waals surface area contributed by atoms with E-state index in [1.807, 2.05) is 31.2 Å². The molecule has 2 N–H and O–H groups in total. The Labute approximate surface area is 114 Å². The van der Waals surface area contributed by atoms with Crippen LogP contribution in [0.25, 0.3) is 6.08 Å². The van der Waals surface area contributed by atoms with Crippen molar-refractivity contribution < 1.29 is 9.90 Å². The van der Waals surface area contributed by atoms with E-state index in [2.05, 4.69) is 5.32 Å². The molecule has 1 aromatic rings. The van der Waals surface area contributed by atoms with Crippen LogP contribution < -0.4 is 5.32 Å². The van der Waals surface area contributed by atoms with E-state index in [0.29, 0.717) is 0 Å². The van der Waals surface area contributed by atoms with Crippen LogP contribution in [0.2, 0.25) is 0 Å². The van der Waals surface area contributed by atoms with Gasteiger partial charge in [0.2, 0.25) is 5.91 Å². The fourth-order valence-electron chi connectivity index (χ4n) is 2.36. The molecule has 1 saturated carbocycles. The van der Waals surface area contributed by atoms with Crippen LogP contribution in [-0.4, -0.2) is 23.2 Å². The van der Waals surface area contributed by atoms with Crippen molar-refractivity contribution in [2.75, 3.05) is 0 Å². The zero-order valence-electron chi connectivity index (χ0n) is 11.3. The minimum Gasteiger partial charge on any atom is -0.391 e. The molecule has 0 heterocycles. The van der Waals surface area contributed by atoms with Crippen LogP contribution in [0.5, 0.6) is 0 Å². The predicted molar refractivity (Wildman–Crippen MR) is 76.6 cm³/mol. The Morgan fingerprint density at radius 1 is 1.26 bits per heavy atom. The van der Waals surface area contributed by atoms with Crippen molar-refractivity contribution in [2.24, 2.45) is 0 Å². The summed E-state index contributed by atoms with van der Waals surface area (Å²) < 4.78 is 0. The van der Waals surface area contributed by atoms with E-state index in [1.165, 1.54) is 11.6 Å². The largest absolute Gasteiger partial charge is 0.391 e. The molecule has 2 atom stereocenters. The van der Waals surface area contributed by atoms with Crippen molar-refractivity contribution in [3.63, 3.8) is 0 Å². The molecule has 0 aromatic heterocycles. The number of carbonyl (C=O) groups is 1. The molecule has 0 aliphatic heterocycles. The maximum absolute atomic E-state index is 11.8. The second-order valence-corrected chi connectivity index (χ2v) is 5.21. The molecule has 102 valence electrons. The topological polar surface area (TPSA) is 49.3 Å². The third-order valence-corrected chi connectivity index (χ3v) is 3.56. The molecule has 0 bridgehead atoms. The minimum atomic E-state index is -0.398. The lowest BCUT2D eigenvalue weighted by atomic mass is 9.92. The molecule has 2 rings (SSSR count). The summed E-state index contributed by atoms with van der Waals surface area (Å²) in [6.45, 7) is 2.03. The van der Waals surface area contributed by atoms with Gasteiger partial charge in [-0.15, -0.1) is 0 Å². The third-order valence-electron chi connectivity index (χ3n) is 3.56. The Kier molecular flexibility index (Phi) is 4.74. The number of rotatable bonds is 3. The fourth-order valence-corrected chi connectivity index (χ4v) is 2.36. The molecule has 1 aliphatic carbocycles. The molecule has 3 heteroatoms. The van der Waals surface area contributed by atoms with Gasteiger partial charge in [0.25, 0.3) is 0 Å². The van der Waals surface area contributed by atoms with Crippen LogP contribution in [0, 0.1) is 6.92 Å². The molecule has 0 radical (unpaired) electrons. The normalized spacial score (nSPS) is 23.5. The summed E-state index contributed by atoms with van der Waals surface area (Å²) in [6.07, 6.45) is 6.70. The van der Waals surface area contributed by atoms with Crippen molar-refractivity contribution in [3.8, 4) is 0 Å². The molecule has 19 heavy (non-hydrogen) atoms. The highest BCUT2D eigenvalue weighted by atomic mass is 16.3. The van der Waals surface area contributed by atoms with E-state index >= 15 is 0 Å². The van der Waals surface area contributed by atoms with Crippen molar-refractivity contribution in [1.82, 2.24) is 5.32 Å². The summed E-state index contributed by atoms with van der Waals surface area (Å²) in [6, 6.07) is 7.90. The first-order valence-electron chi connectivity index (χ1n) is 6.88. The van der Waals surface area contributed by atoms with Crippen LogP contribution in [-0.2, 0) is 4.79 Å². The number of amides is 1. The van der Waals surface area contributed by atoms with Gasteiger partial charge in [0, 0.05) is 6.08 Å². The van der Waals surface area contributed by atoms with Crippen LogP contribution in [0.3, 0.4) is 0 Å². The standard InChI is InChI=1S/C16H21NO2/c1-12-6-8-13(9-7-12)10-11-16(19)17-14-4-2-3-5-15(14)18/h6-11,14-15,18H,2-5H2,1H3,(H,17,19)/b11-10+. The molecule has 1 aliphatic rings. The van der Waals surface area contributed by atoms with Crippen LogP contribution >= 0.6 is 0 Å². The van der Waals surface area contributed by atoms with E-state index in [-0.39, 0.29) is 11.9 Å². The summed E-state index contributed by atoms with van der Waals surface area (Å²) >= 11 is 0. The first-order chi connectivity index (χ1) is 9.15. The van der Waals surface area contributed by atoms with Crippen LogP contribution in [0.15, 0.2) is 30.3 Å². The van der Waals surface area contributed by atoms with Crippen LogP contribution in [0.1, 0.15) is 36.8 Å². The monoisotopic (exact) mass is 259 g/mol. The second-order valence-electron chi connectivity index (χ2n) is 5.21. The van der Waals surface area contributed by atoms with Crippen LogP contribution in [0.4, 0.5) is 0 Å². The summed E-state index contributed by atoms with van der Waals surface area (Å²) in [4.78, 5) is 11.8. The Morgan fingerprint density at radius 3 is 2.63 bits per heavy atom. The van der Waals surface area contributed by atoms with E-state index in [1.54, 1.807) is 6.08 Å². The van der Waals surface area contributed by atoms with Gasteiger partial charge in [-0.3, -0.25) is 4.79 Å². The van der Waals surface area contributed by atoms with Gasteiger partial charge in [0.1, 0.15) is 0 Å². The van der Waals surface area contributed by atoms with Crippen molar-refractivity contribution >= 4 is 12.0 Å². The molecule has 3 nitrogen and oxygen atoms in total. The van der Waals surface area contributed by atoms with Gasteiger partial charge in [0.15, 0.2) is 0 Å². The third kappa shape index (κ3) is 4.21. The number of carbonyl (C=O) groups excluding carboxylic acids is 1. The second kappa shape index (κ2) is 6.53. The van der Waals surface area contributed by atoms with E-state index in [0.717, 1.165) is 31.2 Å². The van der Waals surface area contributed by atoms with Gasteiger partial charge >= 0.3 is 0 Å². The summed E-state index contributed by atoms with van der Waals surface area (Å²) in [5, 5.41) is 12.7. The number of hydrogen-bond donors (Lipinski definition) is 2. The summed E-state index contributed by atoms with van der Waals surface area (Å²) in [5.74, 6) is -0.133. The number of aryl methyl sites for hydroxylation is 1. The van der Waals surface area contributed by atoms with Crippen molar-refractivity contribution in [2.45, 2.75) is 44.8 Å². The first kappa shape index (κ1) is 13.8. The number of aliphatic hydroxyl groups is 1. The van der Waals surface area contributed by atoms with E-state index in [9.17, 15) is 9.90 Å². The molecule has 1 aromatic carbocycles. The van der Waals surface area contributed by atoms with Gasteiger partial charge in [-0.05, 0) is 31.4 Å². The van der Waals surface area contributed by atoms with Gasteiger partial charge in [0.05, 0.1) is 12.1 Å². The highest BCUT2D eigenvalue weighted by Gasteiger charge is 2.23. The maximum Gasteiger partial charge on any atom is 0.244 e. The number of hydrogen-bond acceptors (Lipinski definition) is 2. The maximum atomic E-state index is 11.8. The fraction of sp³-hybridized carbons (Fsp3) is 0.438. The number of aliphatic hydroxyl groups excluding tert-OH is 1. The van der Waals surface area contributed by atoms with Gasteiger partial charge < -0.3 is 10.4 Å². The molecule has 1 fully saturated rings. The molecule has 0 saturated heterocycles. The Bertz CT molecular complexity index is 450. The SMILES string of the molecule is Cc1ccc(/C=C/C(=O)NC2CCCCC2O)cc1. The highest BCUT2D eigenvalue weighted by molar-refractivity contribution is 5.91. The molecule has 2 unspecified atom stereocenters. The lowest BCUT2D eigenvalue weighted by Gasteiger charge is -2.27. The Hall–Kier alpha value is -1.61. The smallest absolute Gasteiger partial charge is 0.244 e. The zero-order chi connectivity index (χ0) is 13.7. The lowest BCUT2D eigenvalue weighted by molar-refractivity contribution is -0.118. The zero-order valence-corrected chi connectivity index (χ0v) is 11.3. The average molecular weight is 259 g/mol. The Balaban J connectivity index is 1.88. The average Bonchev–Trinajstić information content (AvgIpc) is 2.41. The van der Waals surface area contributed by atoms with Gasteiger partial charge in [-0.2, -0.15) is 0 Å². The lowest BCUT2D eigenvalue weighted by Crippen LogP contribution is -2.44. The molecular weight excluding hydrogens is 238 g/mol. The number of benzene rings is 1. The minimum absolute atomic E-state index is 0.0936. The van der Waals surface area contributed by atoms with Crippen molar-refractivity contribution in [1.29, 1.82) is 0 Å². The van der Waals surface area contributed by atoms with Gasteiger partial charge in [-0.25, -0.2) is 0 Å². The number of nitrogens with one attached hydrogen (secondary N) is 1. The Morgan fingerprint density at radius 2 is 1.95 bits per heavy atom. The predicted octanol–water partition coefficient (Wildman–Crippen LogP) is 2.43.